The molecular weight excluding hydrogens is 432 g/mol. The molecule has 1 fully saturated rings. The van der Waals surface area contributed by atoms with Gasteiger partial charge in [0.15, 0.2) is 0 Å². The molecule has 3 atom stereocenters. The van der Waals surface area contributed by atoms with Gasteiger partial charge in [0.25, 0.3) is 0 Å². The van der Waals surface area contributed by atoms with E-state index < -0.39 is 18.1 Å². The number of carboxylic acid groups (broad SMARTS) is 1. The first-order valence-corrected chi connectivity index (χ1v) is 11.8. The first-order chi connectivity index (χ1) is 16.5. The maximum atomic E-state index is 12.7. The first-order valence-electron chi connectivity index (χ1n) is 11.8. The van der Waals surface area contributed by atoms with E-state index in [0.29, 0.717) is 12.8 Å². The van der Waals surface area contributed by atoms with Crippen LogP contribution in [0.5, 0.6) is 0 Å². The fraction of sp³-hybridized carbons (Fsp3) is 0.370. The second kappa shape index (κ2) is 9.33. The Bertz CT molecular complexity index is 1090. The van der Waals surface area contributed by atoms with E-state index in [1.165, 1.54) is 11.1 Å². The van der Waals surface area contributed by atoms with Crippen LogP contribution in [0, 0.1) is 11.8 Å². The van der Waals surface area contributed by atoms with Crippen molar-refractivity contribution >= 4 is 18.0 Å². The number of benzene rings is 2. The van der Waals surface area contributed by atoms with E-state index in [1.807, 2.05) is 36.4 Å². The van der Waals surface area contributed by atoms with E-state index in [9.17, 15) is 19.5 Å². The quantitative estimate of drug-likeness (QED) is 0.545. The van der Waals surface area contributed by atoms with Crippen LogP contribution in [0.3, 0.4) is 0 Å². The number of hydrogen-bond acceptors (Lipinski definition) is 4. The summed E-state index contributed by atoms with van der Waals surface area (Å²) in [4.78, 5) is 36.7. The van der Waals surface area contributed by atoms with Gasteiger partial charge in [-0.2, -0.15) is 0 Å². The van der Waals surface area contributed by atoms with Gasteiger partial charge in [-0.25, -0.2) is 9.59 Å². The van der Waals surface area contributed by atoms with Crippen LogP contribution in [0.2, 0.25) is 0 Å². The number of allylic oxidation sites excluding steroid dienone is 1. The highest BCUT2D eigenvalue weighted by Gasteiger charge is 2.39. The van der Waals surface area contributed by atoms with Gasteiger partial charge in [0.2, 0.25) is 5.91 Å². The van der Waals surface area contributed by atoms with Gasteiger partial charge in [-0.3, -0.25) is 4.79 Å². The van der Waals surface area contributed by atoms with Crippen molar-refractivity contribution in [2.45, 2.75) is 43.7 Å². The van der Waals surface area contributed by atoms with Crippen LogP contribution < -0.4 is 10.6 Å². The van der Waals surface area contributed by atoms with Crippen LogP contribution in [0.15, 0.2) is 60.7 Å². The van der Waals surface area contributed by atoms with Crippen LogP contribution >= 0.6 is 0 Å². The predicted molar refractivity (Wildman–Crippen MR) is 126 cm³/mol. The fourth-order valence-corrected chi connectivity index (χ4v) is 5.08. The average Bonchev–Trinajstić information content (AvgIpc) is 3.63. The molecule has 2 amide bonds. The minimum absolute atomic E-state index is 0.0195. The molecular formula is C27H28N2O5. The lowest BCUT2D eigenvalue weighted by molar-refractivity contribution is -0.143. The molecule has 0 bridgehead atoms. The van der Waals surface area contributed by atoms with Gasteiger partial charge >= 0.3 is 12.1 Å². The molecule has 3 aliphatic carbocycles. The highest BCUT2D eigenvalue weighted by atomic mass is 16.5. The largest absolute Gasteiger partial charge is 0.480 e. The number of hydrogen-bond donors (Lipinski definition) is 3. The lowest BCUT2D eigenvalue weighted by Crippen LogP contribution is -2.47. The molecule has 2 aromatic carbocycles. The van der Waals surface area contributed by atoms with Gasteiger partial charge in [-0.15, -0.1) is 0 Å². The number of alkyl carbamates (subject to hydrolysis) is 1. The maximum Gasteiger partial charge on any atom is 0.407 e. The molecule has 3 aliphatic rings. The Balaban J connectivity index is 1.16. The van der Waals surface area contributed by atoms with Crippen molar-refractivity contribution in [3.63, 3.8) is 0 Å². The van der Waals surface area contributed by atoms with Gasteiger partial charge in [0.05, 0.1) is 6.04 Å². The van der Waals surface area contributed by atoms with Crippen molar-refractivity contribution in [3.8, 4) is 11.1 Å². The number of carboxylic acids is 1. The summed E-state index contributed by atoms with van der Waals surface area (Å²) in [6.07, 6.45) is 5.77. The SMILES string of the molecule is O=C(NC1C=CCC(C(=O)NC(C(=O)O)C2CC2)C1)OCC1c2ccccc2-c2ccccc21. The number of ether oxygens (including phenoxy) is 1. The van der Waals surface area contributed by atoms with Crippen LogP contribution in [-0.4, -0.2) is 41.8 Å². The first kappa shape index (κ1) is 22.2. The van der Waals surface area contributed by atoms with Crippen LogP contribution in [0.25, 0.3) is 11.1 Å². The number of aliphatic carboxylic acids is 1. The van der Waals surface area contributed by atoms with E-state index in [0.717, 1.165) is 24.0 Å². The van der Waals surface area contributed by atoms with Crippen molar-refractivity contribution < 1.29 is 24.2 Å². The summed E-state index contributed by atoms with van der Waals surface area (Å²) >= 11 is 0. The van der Waals surface area contributed by atoms with Crippen molar-refractivity contribution in [2.24, 2.45) is 11.8 Å². The molecule has 0 saturated heterocycles. The number of rotatable bonds is 7. The summed E-state index contributed by atoms with van der Waals surface area (Å²) in [6.45, 7) is 0.224. The summed E-state index contributed by atoms with van der Waals surface area (Å²) in [5.41, 5.74) is 4.63. The van der Waals surface area contributed by atoms with Gasteiger partial charge in [-0.05, 0) is 53.9 Å². The number of amides is 2. The third-order valence-electron chi connectivity index (χ3n) is 7.00. The van der Waals surface area contributed by atoms with E-state index in [1.54, 1.807) is 0 Å². The Labute approximate surface area is 198 Å². The molecule has 176 valence electrons. The summed E-state index contributed by atoms with van der Waals surface area (Å²) in [7, 11) is 0. The molecule has 3 unspecified atom stereocenters. The van der Waals surface area contributed by atoms with Gasteiger partial charge in [0.1, 0.15) is 12.6 Å². The van der Waals surface area contributed by atoms with E-state index >= 15 is 0 Å². The normalized spacial score (nSPS) is 21.8. The van der Waals surface area contributed by atoms with Gasteiger partial charge in [0, 0.05) is 11.8 Å². The Kier molecular flexibility index (Phi) is 6.09. The summed E-state index contributed by atoms with van der Waals surface area (Å²) in [5, 5.41) is 14.9. The Morgan fingerprint density at radius 1 is 1.00 bits per heavy atom. The topological polar surface area (TPSA) is 105 Å². The minimum Gasteiger partial charge on any atom is -0.480 e. The van der Waals surface area contributed by atoms with E-state index in [4.69, 9.17) is 4.74 Å². The fourth-order valence-electron chi connectivity index (χ4n) is 5.08. The molecule has 7 nitrogen and oxygen atoms in total. The molecule has 1 saturated carbocycles. The molecule has 3 N–H and O–H groups in total. The number of fused-ring (bicyclic) bond motifs is 3. The number of carbonyl (C=O) groups is 3. The van der Waals surface area contributed by atoms with E-state index in [-0.39, 0.29) is 36.3 Å². The smallest absolute Gasteiger partial charge is 0.407 e. The summed E-state index contributed by atoms with van der Waals surface area (Å²) in [6, 6.07) is 15.2. The standard InChI is InChI=1S/C27H28N2O5/c30-25(29-24(26(31)32)16-12-13-16)17-6-5-7-18(14-17)28-27(33)34-15-23-21-10-3-1-8-19(21)20-9-2-4-11-22(20)23/h1-5,7-11,16-18,23-24H,6,12-15H2,(H,28,33)(H,29,30)(H,31,32). The third kappa shape index (κ3) is 4.55. The Hall–Kier alpha value is -3.61. The molecule has 0 radical (unpaired) electrons. The van der Waals surface area contributed by atoms with Crippen molar-refractivity contribution in [3.05, 3.63) is 71.8 Å². The van der Waals surface area contributed by atoms with Crippen molar-refractivity contribution in [1.82, 2.24) is 10.6 Å². The Morgan fingerprint density at radius 3 is 2.26 bits per heavy atom. The third-order valence-corrected chi connectivity index (χ3v) is 7.00. The summed E-state index contributed by atoms with van der Waals surface area (Å²) in [5.74, 6) is -1.65. The molecule has 2 aromatic rings. The monoisotopic (exact) mass is 460 g/mol. The highest BCUT2D eigenvalue weighted by molar-refractivity contribution is 5.86. The molecule has 0 aliphatic heterocycles. The lowest BCUT2D eigenvalue weighted by Gasteiger charge is -2.26. The molecule has 5 rings (SSSR count). The van der Waals surface area contributed by atoms with Crippen LogP contribution in [-0.2, 0) is 14.3 Å². The maximum absolute atomic E-state index is 12.7. The molecule has 0 aromatic heterocycles. The highest BCUT2D eigenvalue weighted by Crippen LogP contribution is 2.44. The zero-order valence-corrected chi connectivity index (χ0v) is 18.8. The number of carbonyl (C=O) groups excluding carboxylic acids is 2. The molecule has 34 heavy (non-hydrogen) atoms. The van der Waals surface area contributed by atoms with Crippen LogP contribution in [0.1, 0.15) is 42.7 Å². The molecule has 7 heteroatoms. The van der Waals surface area contributed by atoms with E-state index in [2.05, 4.69) is 34.9 Å². The van der Waals surface area contributed by atoms with Crippen molar-refractivity contribution in [2.75, 3.05) is 6.61 Å². The zero-order chi connectivity index (χ0) is 23.7. The lowest BCUT2D eigenvalue weighted by atomic mass is 9.90. The summed E-state index contributed by atoms with van der Waals surface area (Å²) < 4.78 is 5.61. The number of nitrogens with one attached hydrogen (secondary N) is 2. The second-order valence-corrected chi connectivity index (χ2v) is 9.33. The van der Waals surface area contributed by atoms with Crippen LogP contribution in [0.4, 0.5) is 4.79 Å². The minimum atomic E-state index is -0.990. The zero-order valence-electron chi connectivity index (χ0n) is 18.8. The Morgan fingerprint density at radius 2 is 1.65 bits per heavy atom. The molecule has 0 heterocycles. The van der Waals surface area contributed by atoms with Gasteiger partial charge in [-0.1, -0.05) is 60.7 Å². The predicted octanol–water partition coefficient (Wildman–Crippen LogP) is 3.84. The van der Waals surface area contributed by atoms with Crippen molar-refractivity contribution in [1.29, 1.82) is 0 Å². The molecule has 0 spiro atoms. The second-order valence-electron chi connectivity index (χ2n) is 9.33. The average molecular weight is 461 g/mol. The van der Waals surface area contributed by atoms with Gasteiger partial charge < -0.3 is 20.5 Å².